The van der Waals surface area contributed by atoms with Gasteiger partial charge in [0.2, 0.25) is 0 Å². The maximum Gasteiger partial charge on any atom is 0.149 e. The number of morpholine rings is 1. The fourth-order valence-corrected chi connectivity index (χ4v) is 4.09. The van der Waals surface area contributed by atoms with Crippen molar-refractivity contribution >= 4 is 27.2 Å². The van der Waals surface area contributed by atoms with Crippen molar-refractivity contribution in [2.24, 2.45) is 0 Å². The van der Waals surface area contributed by atoms with Gasteiger partial charge < -0.3 is 15.0 Å². The molecule has 3 heterocycles. The number of aromatic nitrogens is 1. The van der Waals surface area contributed by atoms with Crippen molar-refractivity contribution in [2.45, 2.75) is 19.5 Å². The molecule has 0 amide bonds. The molecular formula is C20H21F2N3OS. The van der Waals surface area contributed by atoms with Crippen LogP contribution < -0.4 is 10.2 Å². The van der Waals surface area contributed by atoms with Crippen molar-refractivity contribution in [3.05, 3.63) is 58.6 Å². The van der Waals surface area contributed by atoms with Gasteiger partial charge >= 0.3 is 0 Å². The summed E-state index contributed by atoms with van der Waals surface area (Å²) in [7, 11) is 0. The average molecular weight is 389 g/mol. The predicted molar refractivity (Wildman–Crippen MR) is 104 cm³/mol. The van der Waals surface area contributed by atoms with E-state index >= 15 is 0 Å². The normalized spacial score (nSPS) is 16.0. The van der Waals surface area contributed by atoms with E-state index in [-0.39, 0.29) is 11.7 Å². The molecule has 1 N–H and O–H groups in total. The topological polar surface area (TPSA) is 37.4 Å². The molecule has 7 heteroatoms. The van der Waals surface area contributed by atoms with Crippen LogP contribution in [0, 0.1) is 11.6 Å². The summed E-state index contributed by atoms with van der Waals surface area (Å²) in [5, 5.41) is 5.34. The van der Waals surface area contributed by atoms with Gasteiger partial charge in [-0.3, -0.25) is 4.98 Å². The first-order valence-electron chi connectivity index (χ1n) is 8.99. The summed E-state index contributed by atoms with van der Waals surface area (Å²) < 4.78 is 35.4. The van der Waals surface area contributed by atoms with Crippen LogP contribution in [0.4, 0.5) is 14.5 Å². The maximum atomic E-state index is 14.5. The second-order valence-corrected chi connectivity index (χ2v) is 7.63. The minimum absolute atomic E-state index is 0.0223. The van der Waals surface area contributed by atoms with Crippen molar-refractivity contribution in [3.8, 4) is 0 Å². The zero-order valence-corrected chi connectivity index (χ0v) is 15.9. The average Bonchev–Trinajstić information content (AvgIpc) is 3.14. The summed E-state index contributed by atoms with van der Waals surface area (Å²) in [6.45, 7) is 4.37. The van der Waals surface area contributed by atoms with Gasteiger partial charge in [-0.1, -0.05) is 0 Å². The number of rotatable bonds is 5. The number of pyridine rings is 1. The number of fused-ring (bicyclic) bond motifs is 1. The van der Waals surface area contributed by atoms with Crippen molar-refractivity contribution in [1.29, 1.82) is 0 Å². The van der Waals surface area contributed by atoms with Crippen molar-refractivity contribution < 1.29 is 13.5 Å². The molecule has 0 spiro atoms. The molecule has 0 radical (unpaired) electrons. The Morgan fingerprint density at radius 3 is 2.70 bits per heavy atom. The monoisotopic (exact) mass is 389 g/mol. The van der Waals surface area contributed by atoms with E-state index in [1.165, 1.54) is 12.1 Å². The highest BCUT2D eigenvalue weighted by molar-refractivity contribution is 7.17. The van der Waals surface area contributed by atoms with Crippen LogP contribution in [-0.4, -0.2) is 31.3 Å². The Morgan fingerprint density at radius 1 is 1.22 bits per heavy atom. The van der Waals surface area contributed by atoms with Gasteiger partial charge in [-0.05, 0) is 47.7 Å². The first-order valence-corrected chi connectivity index (χ1v) is 9.87. The van der Waals surface area contributed by atoms with Gasteiger partial charge in [-0.15, -0.1) is 11.3 Å². The van der Waals surface area contributed by atoms with Crippen LogP contribution >= 0.6 is 11.3 Å². The Kier molecular flexibility index (Phi) is 5.33. The SMILES string of the molecule is CC(NCc1cc(F)c(N2CCOCC2)c(F)c1)c1cnc2ccsc2c1. The molecule has 1 fully saturated rings. The number of ether oxygens (including phenoxy) is 1. The Morgan fingerprint density at radius 2 is 1.96 bits per heavy atom. The van der Waals surface area contributed by atoms with Gasteiger partial charge in [0.05, 0.1) is 23.4 Å². The molecule has 1 aromatic carbocycles. The van der Waals surface area contributed by atoms with E-state index in [4.69, 9.17) is 4.74 Å². The number of thiophene rings is 1. The number of anilines is 1. The highest BCUT2D eigenvalue weighted by atomic mass is 32.1. The summed E-state index contributed by atoms with van der Waals surface area (Å²) >= 11 is 1.65. The van der Waals surface area contributed by atoms with Gasteiger partial charge in [0.1, 0.15) is 17.3 Å². The number of nitrogens with zero attached hydrogens (tertiary/aromatic N) is 2. The largest absolute Gasteiger partial charge is 0.378 e. The molecule has 2 aromatic heterocycles. The van der Waals surface area contributed by atoms with E-state index in [9.17, 15) is 8.78 Å². The summed E-state index contributed by atoms with van der Waals surface area (Å²) in [5.74, 6) is -1.05. The van der Waals surface area contributed by atoms with E-state index in [0.29, 0.717) is 38.4 Å². The van der Waals surface area contributed by atoms with E-state index < -0.39 is 11.6 Å². The predicted octanol–water partition coefficient (Wildman–Crippen LogP) is 4.26. The number of hydrogen-bond acceptors (Lipinski definition) is 5. The Labute approximate surface area is 160 Å². The molecular weight excluding hydrogens is 368 g/mol. The standard InChI is InChI=1S/C20H21F2N3OS/c1-13(15-10-19-18(24-12-15)2-7-27-19)23-11-14-8-16(21)20(17(22)9-14)25-3-5-26-6-4-25/h2,7-10,12-13,23H,3-6,11H2,1H3. The van der Waals surface area contributed by atoms with E-state index in [2.05, 4.69) is 16.4 Å². The van der Waals surface area contributed by atoms with Gasteiger partial charge in [0, 0.05) is 31.9 Å². The fourth-order valence-electron chi connectivity index (χ4n) is 3.30. The summed E-state index contributed by atoms with van der Waals surface area (Å²) in [4.78, 5) is 6.15. The molecule has 1 aliphatic heterocycles. The quantitative estimate of drug-likeness (QED) is 0.708. The van der Waals surface area contributed by atoms with Gasteiger partial charge in [-0.2, -0.15) is 0 Å². The third-order valence-corrected chi connectivity index (χ3v) is 5.69. The van der Waals surface area contributed by atoms with Gasteiger partial charge in [0.25, 0.3) is 0 Å². The molecule has 0 saturated carbocycles. The zero-order valence-electron chi connectivity index (χ0n) is 15.0. The maximum absolute atomic E-state index is 14.5. The van der Waals surface area contributed by atoms with Crippen molar-refractivity contribution in [1.82, 2.24) is 10.3 Å². The van der Waals surface area contributed by atoms with Crippen LogP contribution in [0.3, 0.4) is 0 Å². The highest BCUT2D eigenvalue weighted by Crippen LogP contribution is 2.27. The molecule has 4 rings (SSSR count). The fraction of sp³-hybridized carbons (Fsp3) is 0.350. The first-order chi connectivity index (χ1) is 13.1. The second-order valence-electron chi connectivity index (χ2n) is 6.68. The molecule has 27 heavy (non-hydrogen) atoms. The van der Waals surface area contributed by atoms with E-state index in [1.807, 2.05) is 24.6 Å². The lowest BCUT2D eigenvalue weighted by molar-refractivity contribution is 0.122. The van der Waals surface area contributed by atoms with Crippen molar-refractivity contribution in [3.63, 3.8) is 0 Å². The van der Waals surface area contributed by atoms with Crippen LogP contribution in [0.15, 0.2) is 35.8 Å². The molecule has 1 saturated heterocycles. The minimum atomic E-state index is -0.525. The van der Waals surface area contributed by atoms with Gasteiger partial charge in [0.15, 0.2) is 0 Å². The molecule has 142 valence electrons. The van der Waals surface area contributed by atoms with Crippen LogP contribution in [0.2, 0.25) is 0 Å². The van der Waals surface area contributed by atoms with Crippen molar-refractivity contribution in [2.75, 3.05) is 31.2 Å². The van der Waals surface area contributed by atoms with E-state index in [0.717, 1.165) is 15.8 Å². The molecule has 4 nitrogen and oxygen atoms in total. The lowest BCUT2D eigenvalue weighted by Gasteiger charge is -2.29. The van der Waals surface area contributed by atoms with Crippen LogP contribution in [0.5, 0.6) is 0 Å². The molecule has 0 aliphatic carbocycles. The Balaban J connectivity index is 1.45. The molecule has 1 unspecified atom stereocenters. The Hall–Kier alpha value is -2.09. The molecule has 1 aliphatic rings. The number of nitrogens with one attached hydrogen (secondary N) is 1. The Bertz CT molecular complexity index is 917. The molecule has 0 bridgehead atoms. The van der Waals surface area contributed by atoms with Crippen LogP contribution in [-0.2, 0) is 11.3 Å². The summed E-state index contributed by atoms with van der Waals surface area (Å²) in [6.07, 6.45) is 1.84. The zero-order chi connectivity index (χ0) is 18.8. The third kappa shape index (κ3) is 3.95. The van der Waals surface area contributed by atoms with Crippen LogP contribution in [0.25, 0.3) is 10.2 Å². The lowest BCUT2D eigenvalue weighted by atomic mass is 10.1. The van der Waals surface area contributed by atoms with E-state index in [1.54, 1.807) is 16.2 Å². The highest BCUT2D eigenvalue weighted by Gasteiger charge is 2.20. The molecule has 1 atom stereocenters. The number of halogens is 2. The number of hydrogen-bond donors (Lipinski definition) is 1. The minimum Gasteiger partial charge on any atom is -0.378 e. The third-order valence-electron chi connectivity index (χ3n) is 4.84. The van der Waals surface area contributed by atoms with Crippen LogP contribution in [0.1, 0.15) is 24.1 Å². The van der Waals surface area contributed by atoms with Gasteiger partial charge in [-0.25, -0.2) is 8.78 Å². The second kappa shape index (κ2) is 7.88. The number of benzene rings is 1. The summed E-state index contributed by atoms with van der Waals surface area (Å²) in [6, 6.07) is 6.94. The summed E-state index contributed by atoms with van der Waals surface area (Å²) in [5.41, 5.74) is 2.66. The first kappa shape index (κ1) is 18.3. The smallest absolute Gasteiger partial charge is 0.149 e. The molecule has 3 aromatic rings. The lowest BCUT2D eigenvalue weighted by Crippen LogP contribution is -2.37.